The van der Waals surface area contributed by atoms with Crippen LogP contribution in [0.2, 0.25) is 18.1 Å². The fraction of sp³-hybridized carbons (Fsp3) is 0.520. The highest BCUT2D eigenvalue weighted by atomic mass is 28.4. The summed E-state index contributed by atoms with van der Waals surface area (Å²) < 4.78 is 10.1. The summed E-state index contributed by atoms with van der Waals surface area (Å²) in [6.07, 6.45) is 14.2. The first kappa shape index (κ1) is 46.3. The summed E-state index contributed by atoms with van der Waals surface area (Å²) in [4.78, 5) is 52.6. The molecule has 17 heteroatoms. The number of rotatable bonds is 14. The van der Waals surface area contributed by atoms with E-state index in [4.69, 9.17) is 9.41 Å². The van der Waals surface area contributed by atoms with Gasteiger partial charge in [0.05, 0.1) is 25.3 Å². The predicted octanol–water partition coefficient (Wildman–Crippen LogP) is 6.38. The van der Waals surface area contributed by atoms with Crippen LogP contribution in [0.5, 0.6) is 0 Å². The number of aryl methyl sites for hydroxylation is 2. The lowest BCUT2D eigenvalue weighted by atomic mass is 9.97. The molecule has 6 aromatic rings. The number of anilines is 2. The van der Waals surface area contributed by atoms with Crippen molar-refractivity contribution >= 4 is 43.1 Å². The Bertz CT molecular complexity index is 2630. The van der Waals surface area contributed by atoms with Gasteiger partial charge in [0.2, 0.25) is 11.8 Å². The number of aliphatic hydroxyl groups excluding tert-OH is 1. The molecular formula is C50H66N12O4Si. The van der Waals surface area contributed by atoms with E-state index < -0.39 is 8.32 Å². The number of fused-ring (bicyclic) bond motifs is 4. The monoisotopic (exact) mass is 927 g/mol. The van der Waals surface area contributed by atoms with Gasteiger partial charge in [-0.25, -0.2) is 29.0 Å². The van der Waals surface area contributed by atoms with Gasteiger partial charge >= 0.3 is 0 Å². The summed E-state index contributed by atoms with van der Waals surface area (Å²) in [5.74, 6) is 2.77. The minimum Gasteiger partial charge on any atom is -0.413 e. The van der Waals surface area contributed by atoms with Crippen LogP contribution in [-0.2, 0) is 40.1 Å². The molecule has 0 unspecified atom stereocenters. The molecule has 16 nitrogen and oxygen atoms in total. The van der Waals surface area contributed by atoms with Gasteiger partial charge < -0.3 is 29.1 Å². The molecule has 0 aromatic carbocycles. The maximum absolute atomic E-state index is 13.1. The second-order valence-corrected chi connectivity index (χ2v) is 25.1. The van der Waals surface area contributed by atoms with E-state index in [1.54, 1.807) is 18.9 Å². The number of aromatic nitrogens is 8. The lowest BCUT2D eigenvalue weighted by Crippen LogP contribution is -2.51. The van der Waals surface area contributed by atoms with Crippen LogP contribution in [0.4, 0.5) is 11.6 Å². The summed E-state index contributed by atoms with van der Waals surface area (Å²) in [5, 5.41) is 18.0. The van der Waals surface area contributed by atoms with E-state index >= 15 is 0 Å². The second kappa shape index (κ2) is 19.8. The number of pyridine rings is 4. The molecule has 4 atom stereocenters. The Morgan fingerprint density at radius 3 is 1.60 bits per heavy atom. The number of hydrogen-bond donors (Lipinski definition) is 1. The zero-order chi connectivity index (χ0) is 46.7. The third-order valence-corrected chi connectivity index (χ3v) is 19.4. The molecule has 4 saturated heterocycles. The Labute approximate surface area is 394 Å². The maximum Gasteiger partial charge on any atom is 0.226 e. The van der Waals surface area contributed by atoms with Gasteiger partial charge in [0.25, 0.3) is 0 Å². The molecule has 4 aliphatic rings. The molecule has 2 amide bonds. The van der Waals surface area contributed by atoms with Crippen molar-refractivity contribution in [3.63, 3.8) is 0 Å². The summed E-state index contributed by atoms with van der Waals surface area (Å²) in [7, 11) is -1.78. The van der Waals surface area contributed by atoms with E-state index in [0.717, 1.165) is 136 Å². The van der Waals surface area contributed by atoms with Gasteiger partial charge in [0, 0.05) is 74.9 Å². The lowest BCUT2D eigenvalue weighted by molar-refractivity contribution is -0.133. The van der Waals surface area contributed by atoms with Gasteiger partial charge in [-0.3, -0.25) is 9.59 Å². The highest BCUT2D eigenvalue weighted by Gasteiger charge is 2.43. The number of carbonyl (C=O) groups excluding carboxylic acids is 2. The van der Waals surface area contributed by atoms with Crippen LogP contribution in [0.3, 0.4) is 0 Å². The highest BCUT2D eigenvalue weighted by molar-refractivity contribution is 6.74. The van der Waals surface area contributed by atoms with Crippen molar-refractivity contribution in [1.29, 1.82) is 0 Å². The lowest BCUT2D eigenvalue weighted by Gasteiger charge is -2.38. The quantitative estimate of drug-likeness (QED) is 0.120. The van der Waals surface area contributed by atoms with Crippen LogP contribution < -0.4 is 9.80 Å². The van der Waals surface area contributed by atoms with Crippen LogP contribution in [0.15, 0.2) is 85.7 Å². The van der Waals surface area contributed by atoms with E-state index in [1.807, 2.05) is 51.6 Å². The van der Waals surface area contributed by atoms with E-state index in [0.29, 0.717) is 18.4 Å². The van der Waals surface area contributed by atoms with Gasteiger partial charge in [0.15, 0.2) is 19.6 Å². The standard InChI is InChI=1S/C28H40N6O2Si.C22H26N6O2/c1-28(2,3)37(4,5)36-19-21-12-13-25(29-17-21)32-14-15-33-24(18-32)16-22(27(33)35)8-6-9-23-10-7-11-26-30-20-31-34(23)26;29-14-16-7-8-20(23-12-16)26-9-10-27-19(13-26)11-17(22(27)30)3-1-4-18-5-2-6-21-24-15-25-28(18)21/h7,10-13,17,20,22,24H,6,8-9,14-16,18-19H2,1-5H3;2,5-8,12,15,17,19,29H,1,3-4,9-11,13-14H2/t22-,24-;17-,19-/m00/s1. The van der Waals surface area contributed by atoms with E-state index in [9.17, 15) is 14.7 Å². The van der Waals surface area contributed by atoms with Crippen LogP contribution in [0.1, 0.15) is 81.8 Å². The van der Waals surface area contributed by atoms with Crippen LogP contribution >= 0.6 is 0 Å². The molecule has 0 aliphatic carbocycles. The number of hydrogen-bond acceptors (Lipinski definition) is 12. The van der Waals surface area contributed by atoms with Crippen molar-refractivity contribution < 1.29 is 19.1 Å². The van der Waals surface area contributed by atoms with Crippen molar-refractivity contribution in [2.75, 3.05) is 49.1 Å². The summed E-state index contributed by atoms with van der Waals surface area (Å²) in [5.41, 5.74) is 5.95. The zero-order valence-corrected chi connectivity index (χ0v) is 40.7. The first-order valence-corrected chi connectivity index (χ1v) is 27.1. The smallest absolute Gasteiger partial charge is 0.226 e. The minimum atomic E-state index is -1.78. The zero-order valence-electron chi connectivity index (χ0n) is 39.7. The van der Waals surface area contributed by atoms with Gasteiger partial charge in [-0.1, -0.05) is 45.0 Å². The number of carbonyl (C=O) groups is 2. The molecular weight excluding hydrogens is 861 g/mol. The Balaban J connectivity index is 0.000000171. The fourth-order valence-electron chi connectivity index (χ4n) is 10.0. The van der Waals surface area contributed by atoms with E-state index in [2.05, 4.69) is 103 Å². The maximum atomic E-state index is 13.1. The summed E-state index contributed by atoms with van der Waals surface area (Å²) >= 11 is 0. The van der Waals surface area contributed by atoms with Crippen LogP contribution in [0.25, 0.3) is 11.3 Å². The van der Waals surface area contributed by atoms with Gasteiger partial charge in [0.1, 0.15) is 24.3 Å². The van der Waals surface area contributed by atoms with E-state index in [1.165, 1.54) is 0 Å². The molecule has 6 aromatic heterocycles. The summed E-state index contributed by atoms with van der Waals surface area (Å²) in [6.45, 7) is 16.8. The molecule has 67 heavy (non-hydrogen) atoms. The summed E-state index contributed by atoms with van der Waals surface area (Å²) in [6, 6.07) is 20.8. The molecule has 1 N–H and O–H groups in total. The van der Waals surface area contributed by atoms with E-state index in [-0.39, 0.29) is 35.6 Å². The number of nitrogens with zero attached hydrogens (tertiary/aromatic N) is 12. The average molecular weight is 927 g/mol. The van der Waals surface area contributed by atoms with Gasteiger partial charge in [-0.15, -0.1) is 0 Å². The van der Waals surface area contributed by atoms with Crippen molar-refractivity contribution in [2.45, 2.75) is 116 Å². The first-order valence-electron chi connectivity index (χ1n) is 24.2. The molecule has 0 bridgehead atoms. The van der Waals surface area contributed by atoms with Crippen LogP contribution in [-0.4, -0.2) is 126 Å². The van der Waals surface area contributed by atoms with Crippen molar-refractivity contribution in [3.8, 4) is 0 Å². The number of amides is 2. The fourth-order valence-corrected chi connectivity index (χ4v) is 11.0. The molecule has 4 aliphatic heterocycles. The topological polar surface area (TPSA) is 163 Å². The van der Waals surface area contributed by atoms with Crippen molar-refractivity contribution in [3.05, 3.63) is 108 Å². The highest BCUT2D eigenvalue weighted by Crippen LogP contribution is 2.38. The predicted molar refractivity (Wildman–Crippen MR) is 260 cm³/mol. The van der Waals surface area contributed by atoms with Crippen molar-refractivity contribution in [2.24, 2.45) is 11.8 Å². The number of piperazine rings is 2. The molecule has 10 heterocycles. The average Bonchev–Trinajstić information content (AvgIpc) is 4.15. The third-order valence-electron chi connectivity index (χ3n) is 14.9. The Morgan fingerprint density at radius 2 is 1.15 bits per heavy atom. The largest absolute Gasteiger partial charge is 0.413 e. The molecule has 0 radical (unpaired) electrons. The SMILES string of the molecule is CC(C)(C)[Si](C)(C)OCc1ccc(N2CCN3C(=O)[C@@H](CCCc4cccc5ncnn45)C[C@H]3C2)nc1.O=C1[C@@H](CCCc2cccc3ncnn23)C[C@H]2CN(c3ccc(CO)cn3)CCN12. The molecule has 0 saturated carbocycles. The normalized spacial score (nSPS) is 21.0. The van der Waals surface area contributed by atoms with Gasteiger partial charge in [-0.05, 0) is 117 Å². The van der Waals surface area contributed by atoms with Crippen LogP contribution in [0, 0.1) is 11.8 Å². The number of aliphatic hydroxyl groups is 1. The Hall–Kier alpha value is -5.78. The molecule has 10 rings (SSSR count). The molecule has 4 fully saturated rings. The van der Waals surface area contributed by atoms with Gasteiger partial charge in [-0.2, -0.15) is 10.2 Å². The third kappa shape index (κ3) is 10.2. The second-order valence-electron chi connectivity index (χ2n) is 20.3. The first-order chi connectivity index (χ1) is 32.3. The van der Waals surface area contributed by atoms with Crippen molar-refractivity contribution in [1.82, 2.24) is 49.0 Å². The Kier molecular flexibility index (Phi) is 13.7. The molecule has 354 valence electrons. The Morgan fingerprint density at radius 1 is 0.657 bits per heavy atom. The molecule has 0 spiro atoms. The minimum absolute atomic E-state index is 0.00523.